The monoisotopic (exact) mass is 202 g/mol. The lowest BCUT2D eigenvalue weighted by molar-refractivity contribution is 0.490. The van der Waals surface area contributed by atoms with Gasteiger partial charge in [0.2, 0.25) is 0 Å². The van der Waals surface area contributed by atoms with E-state index in [1.54, 1.807) is 16.7 Å². The third kappa shape index (κ3) is 1.71. The van der Waals surface area contributed by atoms with Crippen LogP contribution in [-0.4, -0.2) is 0 Å². The minimum absolute atomic E-state index is 0.293. The highest BCUT2D eigenvalue weighted by Crippen LogP contribution is 2.50. The zero-order valence-electron chi connectivity index (χ0n) is 10.9. The smallest absolute Gasteiger partial charge is 0.00197 e. The van der Waals surface area contributed by atoms with E-state index in [1.165, 1.54) is 12.0 Å². The predicted octanol–water partition coefficient (Wildman–Crippen LogP) is 4.65. The van der Waals surface area contributed by atoms with Crippen LogP contribution in [0.4, 0.5) is 0 Å². The van der Waals surface area contributed by atoms with Gasteiger partial charge >= 0.3 is 0 Å². The van der Waals surface area contributed by atoms with Crippen molar-refractivity contribution in [2.75, 3.05) is 0 Å². The zero-order chi connectivity index (χ0) is 11.4. The van der Waals surface area contributed by atoms with Gasteiger partial charge in [0.15, 0.2) is 0 Å². The Bertz CT molecular complexity index is 387. The quantitative estimate of drug-likeness (QED) is 0.536. The standard InChI is InChI=1S/C15H22/c1-14(2,3)12-8-10-7-11(12)13(9-10)15(4,5)6/h8-9H,7H2,1-6H3. The Morgan fingerprint density at radius 1 is 0.867 bits per heavy atom. The number of fused-ring (bicyclic) bond motifs is 2. The van der Waals surface area contributed by atoms with Crippen molar-refractivity contribution in [1.82, 2.24) is 0 Å². The third-order valence-electron chi connectivity index (χ3n) is 3.31. The lowest BCUT2D eigenvalue weighted by atomic mass is 9.76. The first-order valence-electron chi connectivity index (χ1n) is 5.86. The Hall–Kier alpha value is -0.780. The predicted molar refractivity (Wildman–Crippen MR) is 66.7 cm³/mol. The molecule has 0 saturated heterocycles. The molecule has 0 unspecified atom stereocenters. The molecule has 0 nitrogen and oxygen atoms in total. The second-order valence-electron chi connectivity index (χ2n) is 6.85. The average Bonchev–Trinajstić information content (AvgIpc) is 2.57. The molecule has 0 spiro atoms. The molecule has 2 bridgehead atoms. The van der Waals surface area contributed by atoms with Gasteiger partial charge in [-0.15, -0.1) is 0 Å². The molecule has 0 heteroatoms. The largest absolute Gasteiger partial charge is 0.0561 e. The van der Waals surface area contributed by atoms with E-state index in [1.807, 2.05) is 0 Å². The highest BCUT2D eigenvalue weighted by Gasteiger charge is 2.34. The van der Waals surface area contributed by atoms with Crippen molar-refractivity contribution < 1.29 is 0 Å². The van der Waals surface area contributed by atoms with Gasteiger partial charge in [-0.1, -0.05) is 53.7 Å². The summed E-state index contributed by atoms with van der Waals surface area (Å²) in [6, 6.07) is 0. The summed E-state index contributed by atoms with van der Waals surface area (Å²) in [4.78, 5) is 0. The Labute approximate surface area is 93.8 Å². The highest BCUT2D eigenvalue weighted by atomic mass is 14.4. The third-order valence-corrected chi connectivity index (χ3v) is 3.31. The van der Waals surface area contributed by atoms with E-state index in [0.717, 1.165) is 0 Å². The van der Waals surface area contributed by atoms with Crippen LogP contribution in [0.3, 0.4) is 0 Å². The molecule has 0 aliphatic heterocycles. The van der Waals surface area contributed by atoms with Crippen LogP contribution < -0.4 is 0 Å². The minimum Gasteiger partial charge on any atom is -0.0561 e. The van der Waals surface area contributed by atoms with Crippen molar-refractivity contribution in [3.8, 4) is 0 Å². The van der Waals surface area contributed by atoms with Gasteiger partial charge in [0, 0.05) is 0 Å². The maximum atomic E-state index is 2.39. The second-order valence-corrected chi connectivity index (χ2v) is 6.85. The van der Waals surface area contributed by atoms with Crippen LogP contribution in [0.5, 0.6) is 0 Å². The molecule has 0 fully saturated rings. The minimum atomic E-state index is 0.293. The molecular formula is C15H22. The summed E-state index contributed by atoms with van der Waals surface area (Å²) in [5.74, 6) is 0. The summed E-state index contributed by atoms with van der Waals surface area (Å²) < 4.78 is 0. The highest BCUT2D eigenvalue weighted by molar-refractivity contribution is 5.62. The second kappa shape index (κ2) is 2.87. The fourth-order valence-corrected chi connectivity index (χ4v) is 2.57. The van der Waals surface area contributed by atoms with Gasteiger partial charge in [0.1, 0.15) is 0 Å². The lowest BCUT2D eigenvalue weighted by Gasteiger charge is -2.28. The van der Waals surface area contributed by atoms with Gasteiger partial charge in [0.05, 0.1) is 0 Å². The topological polar surface area (TPSA) is 0 Å². The number of allylic oxidation sites excluding steroid dienone is 6. The molecule has 0 N–H and O–H groups in total. The van der Waals surface area contributed by atoms with Crippen molar-refractivity contribution in [2.45, 2.75) is 48.0 Å². The molecule has 0 heterocycles. The van der Waals surface area contributed by atoms with E-state index in [9.17, 15) is 0 Å². The zero-order valence-corrected chi connectivity index (χ0v) is 10.9. The molecule has 0 radical (unpaired) electrons. The van der Waals surface area contributed by atoms with Crippen LogP contribution in [-0.2, 0) is 0 Å². The lowest BCUT2D eigenvalue weighted by Crippen LogP contribution is -2.15. The van der Waals surface area contributed by atoms with Gasteiger partial charge in [-0.05, 0) is 39.5 Å². The normalized spacial score (nSPS) is 20.9. The van der Waals surface area contributed by atoms with Gasteiger partial charge in [-0.25, -0.2) is 0 Å². The van der Waals surface area contributed by atoms with Crippen molar-refractivity contribution in [3.63, 3.8) is 0 Å². The maximum Gasteiger partial charge on any atom is -0.00197 e. The van der Waals surface area contributed by atoms with Crippen LogP contribution in [0.2, 0.25) is 0 Å². The first-order chi connectivity index (χ1) is 6.69. The summed E-state index contributed by atoms with van der Waals surface area (Å²) in [5.41, 5.74) is 6.82. The van der Waals surface area contributed by atoms with Crippen molar-refractivity contribution in [1.29, 1.82) is 0 Å². The van der Waals surface area contributed by atoms with E-state index in [2.05, 4.69) is 53.7 Å². The first-order valence-corrected chi connectivity index (χ1v) is 5.86. The summed E-state index contributed by atoms with van der Waals surface area (Å²) in [6.07, 6.45) is 5.97. The van der Waals surface area contributed by atoms with Crippen LogP contribution >= 0.6 is 0 Å². The summed E-state index contributed by atoms with van der Waals surface area (Å²) in [7, 11) is 0. The molecule has 2 rings (SSSR count). The molecule has 0 aromatic carbocycles. The van der Waals surface area contributed by atoms with Crippen molar-refractivity contribution in [2.24, 2.45) is 10.8 Å². The van der Waals surface area contributed by atoms with E-state index >= 15 is 0 Å². The first kappa shape index (κ1) is 10.7. The van der Waals surface area contributed by atoms with E-state index in [-0.39, 0.29) is 0 Å². The van der Waals surface area contributed by atoms with E-state index in [4.69, 9.17) is 0 Å². The maximum absolute atomic E-state index is 2.39. The SMILES string of the molecule is CC(C)(C)C1=CC2=CC(C(C)(C)C)=C1C2. The van der Waals surface area contributed by atoms with Crippen LogP contribution in [0.25, 0.3) is 0 Å². The molecular weight excluding hydrogens is 180 g/mol. The Kier molecular flexibility index (Phi) is 2.05. The Morgan fingerprint density at radius 2 is 1.47 bits per heavy atom. The number of rotatable bonds is 0. The molecule has 15 heavy (non-hydrogen) atoms. The molecule has 2 aliphatic carbocycles. The Balaban J connectivity index is 2.48. The van der Waals surface area contributed by atoms with E-state index < -0.39 is 0 Å². The van der Waals surface area contributed by atoms with Crippen LogP contribution in [0.1, 0.15) is 48.0 Å². The summed E-state index contributed by atoms with van der Waals surface area (Å²) in [6.45, 7) is 13.9. The molecule has 2 aliphatic rings. The molecule has 0 amide bonds. The van der Waals surface area contributed by atoms with Crippen molar-refractivity contribution >= 4 is 0 Å². The Morgan fingerprint density at radius 3 is 1.87 bits per heavy atom. The fourth-order valence-electron chi connectivity index (χ4n) is 2.57. The van der Waals surface area contributed by atoms with Crippen LogP contribution in [0.15, 0.2) is 34.4 Å². The number of hydrogen-bond donors (Lipinski definition) is 0. The average molecular weight is 202 g/mol. The van der Waals surface area contributed by atoms with E-state index in [0.29, 0.717) is 10.8 Å². The molecule has 82 valence electrons. The van der Waals surface area contributed by atoms with Gasteiger partial charge in [-0.2, -0.15) is 0 Å². The van der Waals surface area contributed by atoms with Gasteiger partial charge in [-0.3, -0.25) is 0 Å². The molecule has 0 saturated carbocycles. The summed E-state index contributed by atoms with van der Waals surface area (Å²) >= 11 is 0. The van der Waals surface area contributed by atoms with Gasteiger partial charge < -0.3 is 0 Å². The molecule has 0 aromatic heterocycles. The van der Waals surface area contributed by atoms with Crippen LogP contribution in [0, 0.1) is 10.8 Å². The fraction of sp³-hybridized carbons (Fsp3) is 0.600. The number of hydrogen-bond acceptors (Lipinski definition) is 0. The summed E-state index contributed by atoms with van der Waals surface area (Å²) in [5, 5.41) is 0. The molecule has 0 atom stereocenters. The van der Waals surface area contributed by atoms with Gasteiger partial charge in [0.25, 0.3) is 0 Å². The van der Waals surface area contributed by atoms with Crippen molar-refractivity contribution in [3.05, 3.63) is 34.4 Å². The molecule has 0 aromatic rings.